The Hall–Kier alpha value is -3.37. The number of carbonyl (C=O) groups excluding carboxylic acids is 1. The predicted octanol–water partition coefficient (Wildman–Crippen LogP) is 5.17. The van der Waals surface area contributed by atoms with Crippen molar-refractivity contribution in [3.63, 3.8) is 0 Å². The van der Waals surface area contributed by atoms with Gasteiger partial charge in [-0.05, 0) is 59.0 Å². The number of esters is 1. The summed E-state index contributed by atoms with van der Waals surface area (Å²) < 4.78 is 15.6. The van der Waals surface area contributed by atoms with Gasteiger partial charge in [-0.25, -0.2) is 4.79 Å². The fraction of sp³-hybridized carbons (Fsp3) is 0.160. The van der Waals surface area contributed by atoms with Crippen molar-refractivity contribution in [2.75, 3.05) is 20.8 Å². The molecule has 3 aromatic rings. The number of benzene rings is 3. The van der Waals surface area contributed by atoms with E-state index >= 15 is 0 Å². The molecule has 0 heterocycles. The number of ether oxygens (including phenoxy) is 3. The van der Waals surface area contributed by atoms with E-state index in [1.165, 1.54) is 6.08 Å². The number of methoxy groups -OCH3 is 2. The van der Waals surface area contributed by atoms with E-state index in [2.05, 4.69) is 0 Å². The van der Waals surface area contributed by atoms with Gasteiger partial charge in [0.15, 0.2) is 0 Å². The third-order valence-corrected chi connectivity index (χ3v) is 4.48. The Morgan fingerprint density at radius 1 is 0.793 bits per heavy atom. The first-order chi connectivity index (χ1) is 14.2. The van der Waals surface area contributed by atoms with Gasteiger partial charge < -0.3 is 14.2 Å². The molecule has 4 heteroatoms. The number of rotatable bonds is 8. The monoisotopic (exact) mass is 388 g/mol. The molecule has 4 nitrogen and oxygen atoms in total. The molecule has 0 fully saturated rings. The van der Waals surface area contributed by atoms with Crippen molar-refractivity contribution >= 4 is 12.0 Å². The first-order valence-electron chi connectivity index (χ1n) is 9.40. The van der Waals surface area contributed by atoms with Crippen LogP contribution in [0.5, 0.6) is 11.5 Å². The topological polar surface area (TPSA) is 44.8 Å². The zero-order chi connectivity index (χ0) is 20.5. The van der Waals surface area contributed by atoms with E-state index in [1.54, 1.807) is 32.4 Å². The molecular formula is C25H24O4. The molecule has 0 radical (unpaired) electrons. The Morgan fingerprint density at radius 2 is 1.38 bits per heavy atom. The lowest BCUT2D eigenvalue weighted by atomic mass is 10.0. The van der Waals surface area contributed by atoms with Crippen molar-refractivity contribution in [3.8, 4) is 22.6 Å². The maximum atomic E-state index is 12.1. The Bertz CT molecular complexity index is 940. The summed E-state index contributed by atoms with van der Waals surface area (Å²) in [4.78, 5) is 12.1. The summed E-state index contributed by atoms with van der Waals surface area (Å²) >= 11 is 0. The normalized spacial score (nSPS) is 10.8. The van der Waals surface area contributed by atoms with Crippen molar-refractivity contribution < 1.29 is 19.0 Å². The lowest BCUT2D eigenvalue weighted by Crippen LogP contribution is -2.03. The molecule has 0 bridgehead atoms. The molecule has 0 aliphatic rings. The van der Waals surface area contributed by atoms with Crippen LogP contribution in [0.15, 0.2) is 78.9 Å². The summed E-state index contributed by atoms with van der Waals surface area (Å²) in [6, 6.07) is 23.3. The van der Waals surface area contributed by atoms with Crippen molar-refractivity contribution in [1.29, 1.82) is 0 Å². The van der Waals surface area contributed by atoms with Crippen LogP contribution in [-0.2, 0) is 16.0 Å². The summed E-state index contributed by atoms with van der Waals surface area (Å²) in [5, 5.41) is 0. The molecule has 0 atom stereocenters. The van der Waals surface area contributed by atoms with E-state index < -0.39 is 5.97 Å². The van der Waals surface area contributed by atoms with Crippen LogP contribution in [0.1, 0.15) is 11.1 Å². The zero-order valence-electron chi connectivity index (χ0n) is 16.6. The van der Waals surface area contributed by atoms with Crippen molar-refractivity contribution in [1.82, 2.24) is 0 Å². The van der Waals surface area contributed by atoms with Crippen molar-refractivity contribution in [3.05, 3.63) is 90.0 Å². The highest BCUT2D eigenvalue weighted by Gasteiger charge is 2.02. The molecule has 0 saturated carbocycles. The minimum absolute atomic E-state index is 0.408. The average Bonchev–Trinajstić information content (AvgIpc) is 2.78. The van der Waals surface area contributed by atoms with Gasteiger partial charge >= 0.3 is 5.97 Å². The van der Waals surface area contributed by atoms with Gasteiger partial charge in [-0.3, -0.25) is 0 Å². The quantitative estimate of drug-likeness (QED) is 0.303. The maximum Gasteiger partial charge on any atom is 0.336 e. The van der Waals surface area contributed by atoms with E-state index in [-0.39, 0.29) is 0 Å². The van der Waals surface area contributed by atoms with Gasteiger partial charge in [0.25, 0.3) is 0 Å². The molecule has 3 rings (SSSR count). The fourth-order valence-corrected chi connectivity index (χ4v) is 2.83. The van der Waals surface area contributed by atoms with Crippen LogP contribution in [-0.4, -0.2) is 26.8 Å². The van der Waals surface area contributed by atoms with Crippen LogP contribution in [0.4, 0.5) is 0 Å². The largest absolute Gasteiger partial charge is 0.497 e. The predicted molar refractivity (Wildman–Crippen MR) is 115 cm³/mol. The highest BCUT2D eigenvalue weighted by Crippen LogP contribution is 2.23. The van der Waals surface area contributed by atoms with Gasteiger partial charge in [-0.15, -0.1) is 0 Å². The zero-order valence-corrected chi connectivity index (χ0v) is 16.6. The molecule has 0 spiro atoms. The molecule has 0 unspecified atom stereocenters. The fourth-order valence-electron chi connectivity index (χ4n) is 2.83. The minimum Gasteiger partial charge on any atom is -0.497 e. The Balaban J connectivity index is 1.56. The van der Waals surface area contributed by atoms with E-state index in [1.807, 2.05) is 60.7 Å². The Labute approximate surface area is 171 Å². The lowest BCUT2D eigenvalue weighted by Gasteiger charge is -2.05. The van der Waals surface area contributed by atoms with Gasteiger partial charge in [0.05, 0.1) is 13.7 Å². The summed E-state index contributed by atoms with van der Waals surface area (Å²) in [7, 11) is 3.33. The molecular weight excluding hydrogens is 364 g/mol. The smallest absolute Gasteiger partial charge is 0.336 e. The summed E-state index contributed by atoms with van der Waals surface area (Å²) in [6.45, 7) is 0.666. The molecule has 29 heavy (non-hydrogen) atoms. The number of hydrogen-bond acceptors (Lipinski definition) is 4. The molecule has 0 N–H and O–H groups in total. The summed E-state index contributed by atoms with van der Waals surface area (Å²) in [5.74, 6) is 0.945. The second-order valence-electron chi connectivity index (χ2n) is 6.49. The molecule has 0 aliphatic carbocycles. The molecule has 0 aliphatic heterocycles. The molecule has 148 valence electrons. The Morgan fingerprint density at radius 3 is 1.97 bits per heavy atom. The van der Waals surface area contributed by atoms with Gasteiger partial charge in [0.1, 0.15) is 11.5 Å². The standard InChI is InChI=1S/C25H24O4/c1-27-18-17-20-5-12-24(13-6-20)29-25(26)16-7-19-3-8-21(9-4-19)22-10-14-23(28-2)15-11-22/h3-16H,17-18H2,1-2H3/b16-7+. The highest BCUT2D eigenvalue weighted by atomic mass is 16.5. The lowest BCUT2D eigenvalue weighted by molar-refractivity contribution is -0.128. The SMILES string of the molecule is COCCc1ccc(OC(=O)/C=C/c2ccc(-c3ccc(OC)cc3)cc2)cc1. The maximum absolute atomic E-state index is 12.1. The van der Waals surface area contributed by atoms with Gasteiger partial charge in [-0.1, -0.05) is 48.5 Å². The van der Waals surface area contributed by atoms with E-state index in [0.29, 0.717) is 12.4 Å². The molecule has 3 aromatic carbocycles. The summed E-state index contributed by atoms with van der Waals surface area (Å²) in [5.41, 5.74) is 4.27. The summed E-state index contributed by atoms with van der Waals surface area (Å²) in [6.07, 6.45) is 4.01. The third kappa shape index (κ3) is 6.06. The van der Waals surface area contributed by atoms with Crippen LogP contribution in [0, 0.1) is 0 Å². The van der Waals surface area contributed by atoms with E-state index in [4.69, 9.17) is 14.2 Å². The number of hydrogen-bond donors (Lipinski definition) is 0. The first-order valence-corrected chi connectivity index (χ1v) is 9.40. The second-order valence-corrected chi connectivity index (χ2v) is 6.49. The van der Waals surface area contributed by atoms with Gasteiger partial charge in [-0.2, -0.15) is 0 Å². The minimum atomic E-state index is -0.408. The van der Waals surface area contributed by atoms with Crippen LogP contribution in [0.2, 0.25) is 0 Å². The highest BCUT2D eigenvalue weighted by molar-refractivity contribution is 5.88. The number of carbonyl (C=O) groups is 1. The van der Waals surface area contributed by atoms with Crippen LogP contribution in [0.3, 0.4) is 0 Å². The van der Waals surface area contributed by atoms with E-state index in [0.717, 1.165) is 34.4 Å². The van der Waals surface area contributed by atoms with Gasteiger partial charge in [0.2, 0.25) is 0 Å². The molecule has 0 aromatic heterocycles. The van der Waals surface area contributed by atoms with Crippen molar-refractivity contribution in [2.45, 2.75) is 6.42 Å². The second kappa shape index (κ2) is 10.2. The van der Waals surface area contributed by atoms with E-state index in [9.17, 15) is 4.79 Å². The van der Waals surface area contributed by atoms with Gasteiger partial charge in [0, 0.05) is 13.2 Å². The molecule has 0 saturated heterocycles. The van der Waals surface area contributed by atoms with Crippen LogP contribution >= 0.6 is 0 Å². The van der Waals surface area contributed by atoms with Crippen molar-refractivity contribution in [2.24, 2.45) is 0 Å². The Kier molecular flexibility index (Phi) is 7.20. The van der Waals surface area contributed by atoms with Crippen LogP contribution in [0.25, 0.3) is 17.2 Å². The average molecular weight is 388 g/mol. The third-order valence-electron chi connectivity index (χ3n) is 4.48. The van der Waals surface area contributed by atoms with Crippen LogP contribution < -0.4 is 9.47 Å². The molecule has 0 amide bonds. The first kappa shape index (κ1) is 20.4.